The largest absolute Gasteiger partial charge is 0.452 e. The predicted octanol–water partition coefficient (Wildman–Crippen LogP) is 2.66. The van der Waals surface area contributed by atoms with Crippen molar-refractivity contribution >= 4 is 23.3 Å². The van der Waals surface area contributed by atoms with Crippen LogP contribution in [0.3, 0.4) is 0 Å². The van der Waals surface area contributed by atoms with Gasteiger partial charge in [0.1, 0.15) is 6.33 Å². The smallest absolute Gasteiger partial charge is 0.342 e. The minimum atomic E-state index is -0.626. The van der Waals surface area contributed by atoms with Crippen molar-refractivity contribution in [3.05, 3.63) is 53.1 Å². The van der Waals surface area contributed by atoms with Crippen molar-refractivity contribution in [2.75, 3.05) is 11.9 Å². The van der Waals surface area contributed by atoms with E-state index in [1.807, 2.05) is 45.9 Å². The van der Waals surface area contributed by atoms with Gasteiger partial charge in [-0.25, -0.2) is 14.3 Å². The Morgan fingerprint density at radius 1 is 1.15 bits per heavy atom. The van der Waals surface area contributed by atoms with Crippen LogP contribution in [0.15, 0.2) is 30.7 Å². The quantitative estimate of drug-likeness (QED) is 0.696. The molecule has 3 rings (SSSR count). The van der Waals surface area contributed by atoms with Crippen molar-refractivity contribution in [2.45, 2.75) is 33.6 Å². The molecular formula is C19H21N5O3. The number of rotatable bonds is 5. The topological polar surface area (TPSA) is 98.5 Å². The lowest BCUT2D eigenvalue weighted by Gasteiger charge is -2.13. The Bertz CT molecular complexity index is 989. The van der Waals surface area contributed by atoms with Crippen LogP contribution in [-0.4, -0.2) is 38.1 Å². The summed E-state index contributed by atoms with van der Waals surface area (Å²) >= 11 is 0. The summed E-state index contributed by atoms with van der Waals surface area (Å²) < 4.78 is 6.70. The van der Waals surface area contributed by atoms with Crippen molar-refractivity contribution in [3.63, 3.8) is 0 Å². The fourth-order valence-corrected chi connectivity index (χ4v) is 2.96. The number of hydrogen-bond donors (Lipinski definition) is 1. The highest BCUT2D eigenvalue weighted by Crippen LogP contribution is 2.20. The first-order valence-electron chi connectivity index (χ1n) is 8.59. The van der Waals surface area contributed by atoms with Crippen LogP contribution in [0.25, 0.3) is 5.78 Å². The van der Waals surface area contributed by atoms with E-state index in [1.165, 1.54) is 17.0 Å². The molecule has 1 N–H and O–H groups in total. The number of benzene rings is 1. The van der Waals surface area contributed by atoms with Gasteiger partial charge in [-0.15, -0.1) is 0 Å². The van der Waals surface area contributed by atoms with E-state index in [1.54, 1.807) is 0 Å². The molecule has 2 aromatic heterocycles. The van der Waals surface area contributed by atoms with E-state index in [2.05, 4.69) is 20.4 Å². The zero-order chi connectivity index (χ0) is 19.6. The number of nitrogens with one attached hydrogen (secondary N) is 1. The normalized spacial score (nSPS) is 11.0. The second kappa shape index (κ2) is 7.53. The summed E-state index contributed by atoms with van der Waals surface area (Å²) in [6.45, 7) is 7.37. The molecule has 0 aliphatic carbocycles. The molecule has 0 bridgehead atoms. The standard InChI is InChI=1S/C19H21N5O3/c1-11(2)17-15(8-20-19-21-10-22-24(17)19)18(26)27-9-16(25)23-14-6-12(3)5-13(4)7-14/h5-8,10-11H,9H2,1-4H3,(H,23,25). The molecule has 0 unspecified atom stereocenters. The third-order valence-corrected chi connectivity index (χ3v) is 3.95. The van der Waals surface area contributed by atoms with Crippen molar-refractivity contribution in [1.82, 2.24) is 19.6 Å². The van der Waals surface area contributed by atoms with E-state index in [0.717, 1.165) is 11.1 Å². The third kappa shape index (κ3) is 4.11. The number of carbonyl (C=O) groups is 2. The highest BCUT2D eigenvalue weighted by molar-refractivity contribution is 5.96. The maximum Gasteiger partial charge on any atom is 0.342 e. The maximum atomic E-state index is 12.5. The first kappa shape index (κ1) is 18.5. The number of nitrogens with zero attached hydrogens (tertiary/aromatic N) is 4. The van der Waals surface area contributed by atoms with Gasteiger partial charge in [0.25, 0.3) is 11.7 Å². The van der Waals surface area contributed by atoms with Gasteiger partial charge < -0.3 is 10.1 Å². The van der Waals surface area contributed by atoms with E-state index >= 15 is 0 Å². The lowest BCUT2D eigenvalue weighted by atomic mass is 10.1. The van der Waals surface area contributed by atoms with E-state index in [-0.39, 0.29) is 11.5 Å². The molecule has 140 valence electrons. The average Bonchev–Trinajstić information content (AvgIpc) is 3.06. The Labute approximate surface area is 156 Å². The minimum Gasteiger partial charge on any atom is -0.452 e. The molecule has 0 radical (unpaired) electrons. The summed E-state index contributed by atoms with van der Waals surface area (Å²) in [5, 5.41) is 6.84. The minimum absolute atomic E-state index is 0.0103. The fourth-order valence-electron chi connectivity index (χ4n) is 2.96. The fraction of sp³-hybridized carbons (Fsp3) is 0.316. The number of ether oxygens (including phenoxy) is 1. The molecule has 1 amide bonds. The lowest BCUT2D eigenvalue weighted by molar-refractivity contribution is -0.119. The Morgan fingerprint density at radius 2 is 1.85 bits per heavy atom. The Balaban J connectivity index is 1.71. The summed E-state index contributed by atoms with van der Waals surface area (Å²) in [5.74, 6) is -0.639. The summed E-state index contributed by atoms with van der Waals surface area (Å²) in [6.07, 6.45) is 2.78. The van der Waals surface area contributed by atoms with Crippen LogP contribution in [0.4, 0.5) is 5.69 Å². The third-order valence-electron chi connectivity index (χ3n) is 3.95. The molecule has 1 aromatic carbocycles. The Kier molecular flexibility index (Phi) is 5.16. The number of amides is 1. The zero-order valence-electron chi connectivity index (χ0n) is 15.7. The van der Waals surface area contributed by atoms with Gasteiger partial charge in [-0.3, -0.25) is 4.79 Å². The molecule has 0 aliphatic heterocycles. The second-order valence-electron chi connectivity index (χ2n) is 6.68. The van der Waals surface area contributed by atoms with Gasteiger partial charge in [-0.2, -0.15) is 10.1 Å². The van der Waals surface area contributed by atoms with Gasteiger partial charge in [0.05, 0.1) is 11.3 Å². The summed E-state index contributed by atoms with van der Waals surface area (Å²) in [7, 11) is 0. The molecule has 2 heterocycles. The zero-order valence-corrected chi connectivity index (χ0v) is 15.7. The van der Waals surface area contributed by atoms with Gasteiger partial charge in [-0.1, -0.05) is 19.9 Å². The Hall–Kier alpha value is -3.29. The second-order valence-corrected chi connectivity index (χ2v) is 6.68. The number of hydrogen-bond acceptors (Lipinski definition) is 6. The molecule has 0 atom stereocenters. The number of carbonyl (C=O) groups excluding carboxylic acids is 2. The molecular weight excluding hydrogens is 346 g/mol. The van der Waals surface area contributed by atoms with Gasteiger partial charge in [-0.05, 0) is 43.0 Å². The van der Waals surface area contributed by atoms with Gasteiger partial charge in [0.2, 0.25) is 0 Å². The molecule has 27 heavy (non-hydrogen) atoms. The molecule has 3 aromatic rings. The summed E-state index contributed by atoms with van der Waals surface area (Å²) in [5.41, 5.74) is 3.65. The van der Waals surface area contributed by atoms with Crippen LogP contribution in [0.5, 0.6) is 0 Å². The molecule has 0 saturated carbocycles. The van der Waals surface area contributed by atoms with Crippen LogP contribution < -0.4 is 5.32 Å². The van der Waals surface area contributed by atoms with Gasteiger partial charge in [0, 0.05) is 11.9 Å². The van der Waals surface area contributed by atoms with E-state index in [0.29, 0.717) is 17.2 Å². The van der Waals surface area contributed by atoms with Crippen LogP contribution in [0.2, 0.25) is 0 Å². The highest BCUT2D eigenvalue weighted by atomic mass is 16.5. The van der Waals surface area contributed by atoms with E-state index in [9.17, 15) is 9.59 Å². The van der Waals surface area contributed by atoms with Crippen LogP contribution in [-0.2, 0) is 9.53 Å². The van der Waals surface area contributed by atoms with Crippen molar-refractivity contribution < 1.29 is 14.3 Å². The van der Waals surface area contributed by atoms with Crippen molar-refractivity contribution in [3.8, 4) is 0 Å². The SMILES string of the molecule is Cc1cc(C)cc(NC(=O)COC(=O)c2cnc3ncnn3c2C(C)C)c1. The van der Waals surface area contributed by atoms with Gasteiger partial charge in [0.15, 0.2) is 6.61 Å². The monoisotopic (exact) mass is 367 g/mol. The first-order valence-corrected chi connectivity index (χ1v) is 8.59. The van der Waals surface area contributed by atoms with Crippen LogP contribution >= 0.6 is 0 Å². The number of aromatic nitrogens is 4. The Morgan fingerprint density at radius 3 is 2.52 bits per heavy atom. The summed E-state index contributed by atoms with van der Waals surface area (Å²) in [6, 6.07) is 5.72. The van der Waals surface area contributed by atoms with Crippen LogP contribution in [0.1, 0.15) is 46.9 Å². The van der Waals surface area contributed by atoms with E-state index in [4.69, 9.17) is 4.74 Å². The molecule has 0 aliphatic rings. The van der Waals surface area contributed by atoms with Gasteiger partial charge >= 0.3 is 5.97 Å². The van der Waals surface area contributed by atoms with E-state index < -0.39 is 18.5 Å². The molecule has 0 spiro atoms. The summed E-state index contributed by atoms with van der Waals surface area (Å²) in [4.78, 5) is 32.8. The highest BCUT2D eigenvalue weighted by Gasteiger charge is 2.21. The van der Waals surface area contributed by atoms with Crippen LogP contribution in [0, 0.1) is 13.8 Å². The number of fused-ring (bicyclic) bond motifs is 1. The molecule has 8 nitrogen and oxygen atoms in total. The van der Waals surface area contributed by atoms with Crippen molar-refractivity contribution in [2.24, 2.45) is 0 Å². The maximum absolute atomic E-state index is 12.5. The number of aryl methyl sites for hydroxylation is 2. The predicted molar refractivity (Wildman–Crippen MR) is 99.7 cm³/mol. The average molecular weight is 367 g/mol. The lowest BCUT2D eigenvalue weighted by Crippen LogP contribution is -2.22. The number of anilines is 1. The molecule has 8 heteroatoms. The first-order chi connectivity index (χ1) is 12.8. The molecule has 0 fully saturated rings. The molecule has 0 saturated heterocycles. The van der Waals surface area contributed by atoms with Crippen molar-refractivity contribution in [1.29, 1.82) is 0 Å². The number of esters is 1.